The molecule has 1 aromatic heterocycles. The first-order chi connectivity index (χ1) is 14.2. The van der Waals surface area contributed by atoms with Gasteiger partial charge in [-0.15, -0.1) is 0 Å². The lowest BCUT2D eigenvalue weighted by Gasteiger charge is -2.13. The van der Waals surface area contributed by atoms with Crippen molar-refractivity contribution in [3.63, 3.8) is 0 Å². The summed E-state index contributed by atoms with van der Waals surface area (Å²) in [6, 6.07) is 15.9. The van der Waals surface area contributed by atoms with Crippen LogP contribution in [-0.2, 0) is 5.41 Å². The maximum Gasteiger partial charge on any atom is 0.112 e. The van der Waals surface area contributed by atoms with Gasteiger partial charge in [0, 0.05) is 11.1 Å². The number of nitrogens with zero attached hydrogens (tertiary/aromatic N) is 1. The zero-order valence-electron chi connectivity index (χ0n) is 21.9. The number of nitrogens with two attached hydrogens (primary N) is 1. The van der Waals surface area contributed by atoms with Crippen molar-refractivity contribution in [1.82, 2.24) is 9.97 Å². The van der Waals surface area contributed by atoms with E-state index in [1.165, 1.54) is 5.56 Å². The van der Waals surface area contributed by atoms with Gasteiger partial charge < -0.3 is 10.7 Å². The number of benzene rings is 2. The Hall–Kier alpha value is -2.29. The molecule has 3 nitrogen and oxygen atoms in total. The Morgan fingerprint density at radius 2 is 1.23 bits per heavy atom. The largest absolute Gasteiger partial charge is 0.399 e. The number of aromatic nitrogens is 2. The zero-order valence-corrected chi connectivity index (χ0v) is 21.9. The van der Waals surface area contributed by atoms with Gasteiger partial charge in [0.25, 0.3) is 0 Å². The van der Waals surface area contributed by atoms with E-state index < -0.39 is 0 Å². The average Bonchev–Trinajstić information content (AvgIpc) is 3.09. The highest BCUT2D eigenvalue weighted by atomic mass is 14.9. The van der Waals surface area contributed by atoms with Gasteiger partial charge in [0.05, 0.1) is 11.0 Å². The fourth-order valence-corrected chi connectivity index (χ4v) is 1.87. The molecule has 0 unspecified atom stereocenters. The van der Waals surface area contributed by atoms with Crippen LogP contribution in [0.1, 0.15) is 80.6 Å². The fraction of sp³-hybridized carbons (Fsp3) is 0.536. The molecule has 0 radical (unpaired) electrons. The lowest BCUT2D eigenvalue weighted by molar-refractivity contribution is 0.457. The monoisotopic (exact) mass is 425 g/mol. The van der Waals surface area contributed by atoms with Gasteiger partial charge in [-0.05, 0) is 48.9 Å². The van der Waals surface area contributed by atoms with E-state index in [0.717, 1.165) is 40.3 Å². The standard InChI is InChI=1S/C11H14N2.C7H9N.C6H14.C4H10/c1-11(2,3)10-12-8-6-4-5-7-9(8)13-10;1-6-2-4-7(8)5-3-6;1-5(2)6(3)4;1-4(2)3/h4-7H,1-3H3,(H,12,13);2-5H,8H2,1H3;5-6H,1-4H3;4H,1-3H3. The molecule has 31 heavy (non-hydrogen) atoms. The van der Waals surface area contributed by atoms with Crippen LogP contribution in [0.3, 0.4) is 0 Å². The molecule has 0 aliphatic heterocycles. The Labute approximate surface area is 191 Å². The highest BCUT2D eigenvalue weighted by Crippen LogP contribution is 2.21. The average molecular weight is 426 g/mol. The van der Waals surface area contributed by atoms with Crippen LogP contribution in [0.25, 0.3) is 11.0 Å². The van der Waals surface area contributed by atoms with Crippen LogP contribution in [-0.4, -0.2) is 9.97 Å². The van der Waals surface area contributed by atoms with Crippen molar-refractivity contribution in [2.45, 2.75) is 81.6 Å². The minimum Gasteiger partial charge on any atom is -0.399 e. The Morgan fingerprint density at radius 3 is 1.58 bits per heavy atom. The van der Waals surface area contributed by atoms with Crippen LogP contribution in [0.5, 0.6) is 0 Å². The molecule has 3 rings (SSSR count). The number of fused-ring (bicyclic) bond motifs is 1. The number of nitrogen functional groups attached to an aromatic ring is 1. The van der Waals surface area contributed by atoms with Gasteiger partial charge in [0.2, 0.25) is 0 Å². The van der Waals surface area contributed by atoms with E-state index in [4.69, 9.17) is 5.73 Å². The minimum atomic E-state index is 0.0962. The number of para-hydroxylation sites is 2. The Kier molecular flexibility index (Phi) is 12.9. The fourth-order valence-electron chi connectivity index (χ4n) is 1.87. The second-order valence-corrected chi connectivity index (χ2v) is 10.5. The van der Waals surface area contributed by atoms with E-state index in [-0.39, 0.29) is 5.41 Å². The van der Waals surface area contributed by atoms with Crippen molar-refractivity contribution >= 4 is 16.7 Å². The first kappa shape index (κ1) is 28.7. The lowest BCUT2D eigenvalue weighted by Crippen LogP contribution is -2.12. The van der Waals surface area contributed by atoms with Crippen molar-refractivity contribution in [3.05, 3.63) is 59.9 Å². The van der Waals surface area contributed by atoms with Crippen molar-refractivity contribution in [3.8, 4) is 0 Å². The summed E-state index contributed by atoms with van der Waals surface area (Å²) in [5, 5.41) is 0. The molecule has 3 aromatic rings. The van der Waals surface area contributed by atoms with Gasteiger partial charge in [-0.3, -0.25) is 0 Å². The second-order valence-electron chi connectivity index (χ2n) is 10.5. The number of aromatic amines is 1. The zero-order chi connectivity index (χ0) is 24.2. The topological polar surface area (TPSA) is 54.7 Å². The van der Waals surface area contributed by atoms with Gasteiger partial charge in [-0.2, -0.15) is 0 Å². The number of aryl methyl sites for hydroxylation is 1. The van der Waals surface area contributed by atoms with Crippen LogP contribution in [0, 0.1) is 24.7 Å². The first-order valence-corrected chi connectivity index (χ1v) is 11.5. The van der Waals surface area contributed by atoms with Crippen LogP contribution >= 0.6 is 0 Å². The predicted molar refractivity (Wildman–Crippen MR) is 141 cm³/mol. The smallest absolute Gasteiger partial charge is 0.112 e. The molecule has 174 valence electrons. The number of anilines is 1. The molecule has 0 atom stereocenters. The number of imidazole rings is 1. The highest BCUT2D eigenvalue weighted by molar-refractivity contribution is 5.74. The molecule has 0 amide bonds. The molecule has 2 aromatic carbocycles. The number of rotatable bonds is 1. The molecule has 0 fully saturated rings. The van der Waals surface area contributed by atoms with Crippen LogP contribution in [0.4, 0.5) is 5.69 Å². The predicted octanol–water partition coefficient (Wildman–Crippen LogP) is 8.40. The van der Waals surface area contributed by atoms with Gasteiger partial charge in [-0.1, -0.05) is 99.1 Å². The number of nitrogens with one attached hydrogen (secondary N) is 1. The summed E-state index contributed by atoms with van der Waals surface area (Å²) in [5.41, 5.74) is 9.77. The second kappa shape index (κ2) is 13.9. The summed E-state index contributed by atoms with van der Waals surface area (Å²) in [5.74, 6) is 3.59. The third-order valence-electron chi connectivity index (χ3n) is 4.51. The van der Waals surface area contributed by atoms with Gasteiger partial charge in [0.15, 0.2) is 0 Å². The molecule has 0 aliphatic carbocycles. The van der Waals surface area contributed by atoms with E-state index in [0.29, 0.717) is 0 Å². The summed E-state index contributed by atoms with van der Waals surface area (Å²) in [4.78, 5) is 7.85. The molecular weight excluding hydrogens is 378 g/mol. The Morgan fingerprint density at radius 1 is 0.774 bits per heavy atom. The normalized spacial score (nSPS) is 10.8. The molecular formula is C28H47N3. The van der Waals surface area contributed by atoms with E-state index in [9.17, 15) is 0 Å². The molecule has 3 N–H and O–H groups in total. The summed E-state index contributed by atoms with van der Waals surface area (Å²) in [6.45, 7) is 24.0. The maximum atomic E-state index is 5.43. The third kappa shape index (κ3) is 13.6. The van der Waals surface area contributed by atoms with E-state index in [1.807, 2.05) is 49.4 Å². The van der Waals surface area contributed by atoms with E-state index in [1.54, 1.807) is 0 Å². The van der Waals surface area contributed by atoms with E-state index >= 15 is 0 Å². The summed E-state index contributed by atoms with van der Waals surface area (Å²) >= 11 is 0. The van der Waals surface area contributed by atoms with Crippen LogP contribution in [0.2, 0.25) is 0 Å². The molecule has 0 spiro atoms. The van der Waals surface area contributed by atoms with Gasteiger partial charge in [0.1, 0.15) is 5.82 Å². The molecule has 0 bridgehead atoms. The molecule has 1 heterocycles. The summed E-state index contributed by atoms with van der Waals surface area (Å²) in [7, 11) is 0. The maximum absolute atomic E-state index is 5.43. The van der Waals surface area contributed by atoms with Crippen molar-refractivity contribution in [2.24, 2.45) is 17.8 Å². The SMILES string of the molecule is CC(C)(C)c1nc2ccccc2[nH]1.CC(C)C.CC(C)C(C)C.Cc1ccc(N)cc1. The number of hydrogen-bond acceptors (Lipinski definition) is 2. The first-order valence-electron chi connectivity index (χ1n) is 11.5. The molecule has 0 aliphatic rings. The summed E-state index contributed by atoms with van der Waals surface area (Å²) < 4.78 is 0. The Bertz CT molecular complexity index is 772. The van der Waals surface area contributed by atoms with Gasteiger partial charge in [-0.25, -0.2) is 4.98 Å². The quantitative estimate of drug-likeness (QED) is 0.384. The molecule has 0 saturated heterocycles. The van der Waals surface area contributed by atoms with Gasteiger partial charge >= 0.3 is 0 Å². The molecule has 3 heteroatoms. The lowest BCUT2D eigenvalue weighted by atomic mass is 9.96. The third-order valence-corrected chi connectivity index (χ3v) is 4.51. The van der Waals surface area contributed by atoms with Crippen molar-refractivity contribution in [2.75, 3.05) is 5.73 Å². The van der Waals surface area contributed by atoms with Crippen molar-refractivity contribution in [1.29, 1.82) is 0 Å². The Balaban J connectivity index is 0.000000431. The minimum absolute atomic E-state index is 0.0962. The number of hydrogen-bond donors (Lipinski definition) is 2. The number of H-pyrrole nitrogens is 1. The van der Waals surface area contributed by atoms with E-state index in [2.05, 4.69) is 85.3 Å². The van der Waals surface area contributed by atoms with Crippen LogP contribution in [0.15, 0.2) is 48.5 Å². The molecule has 0 saturated carbocycles. The van der Waals surface area contributed by atoms with Crippen LogP contribution < -0.4 is 5.73 Å². The summed E-state index contributed by atoms with van der Waals surface area (Å²) in [6.07, 6.45) is 0. The van der Waals surface area contributed by atoms with Crippen molar-refractivity contribution < 1.29 is 0 Å². The highest BCUT2D eigenvalue weighted by Gasteiger charge is 2.17.